The molecule has 5 rings (SSSR count). The van der Waals surface area contributed by atoms with Crippen LogP contribution in [0.15, 0.2) is 36.7 Å². The number of nitrogens with one attached hydrogen (secondary N) is 1. The summed E-state index contributed by atoms with van der Waals surface area (Å²) in [7, 11) is 0. The smallest absolute Gasteiger partial charge is 0.410 e. The first-order valence-corrected chi connectivity index (χ1v) is 15.4. The summed E-state index contributed by atoms with van der Waals surface area (Å²) >= 11 is 0. The number of piperidine rings is 1. The van der Waals surface area contributed by atoms with Crippen LogP contribution in [0.1, 0.15) is 84.1 Å². The number of hydrogen-bond acceptors (Lipinski definition) is 7. The molecular weight excluding hydrogens is 516 g/mol. The minimum Gasteiger partial charge on any atom is -0.444 e. The average Bonchev–Trinajstić information content (AvgIpc) is 3.47. The number of carbonyl (C=O) groups is 2. The fourth-order valence-corrected chi connectivity index (χ4v) is 5.96. The molecule has 2 saturated heterocycles. The number of aromatic nitrogens is 2. The molecule has 9 heteroatoms. The topological polar surface area (TPSA) is 90.9 Å². The maximum atomic E-state index is 13.2. The van der Waals surface area contributed by atoms with Gasteiger partial charge in [-0.2, -0.15) is 0 Å². The van der Waals surface area contributed by atoms with Crippen LogP contribution in [0.25, 0.3) is 0 Å². The van der Waals surface area contributed by atoms with Gasteiger partial charge in [-0.3, -0.25) is 9.78 Å². The lowest BCUT2D eigenvalue weighted by Crippen LogP contribution is -2.53. The van der Waals surface area contributed by atoms with Crippen molar-refractivity contribution in [3.05, 3.63) is 42.2 Å². The van der Waals surface area contributed by atoms with Crippen molar-refractivity contribution >= 4 is 29.3 Å². The number of amides is 2. The van der Waals surface area contributed by atoms with Crippen LogP contribution < -0.4 is 15.1 Å². The first-order chi connectivity index (χ1) is 19.7. The zero-order valence-corrected chi connectivity index (χ0v) is 25.1. The first kappa shape index (κ1) is 29.1. The Hall–Kier alpha value is -3.36. The van der Waals surface area contributed by atoms with Crippen LogP contribution in [0, 0.1) is 5.92 Å². The number of ether oxygens (including phenoxy) is 1. The molecule has 1 aliphatic carbocycles. The Balaban J connectivity index is 1.21. The summed E-state index contributed by atoms with van der Waals surface area (Å²) in [5.74, 6) is 1.44. The second kappa shape index (κ2) is 12.7. The molecule has 3 aliphatic rings. The van der Waals surface area contributed by atoms with Crippen LogP contribution in [-0.4, -0.2) is 71.2 Å². The lowest BCUT2D eigenvalue weighted by atomic mass is 9.84. The summed E-state index contributed by atoms with van der Waals surface area (Å²) in [6, 6.07) is 8.39. The molecule has 9 nitrogen and oxygen atoms in total. The van der Waals surface area contributed by atoms with Crippen LogP contribution in [0.5, 0.6) is 0 Å². The van der Waals surface area contributed by atoms with E-state index in [9.17, 15) is 9.59 Å². The predicted molar refractivity (Wildman–Crippen MR) is 162 cm³/mol. The normalized spacial score (nSPS) is 20.3. The van der Waals surface area contributed by atoms with Gasteiger partial charge in [-0.1, -0.05) is 18.6 Å². The molecule has 2 aliphatic heterocycles. The van der Waals surface area contributed by atoms with Gasteiger partial charge in [-0.25, -0.2) is 9.78 Å². The maximum Gasteiger partial charge on any atom is 0.410 e. The third-order valence-corrected chi connectivity index (χ3v) is 8.60. The third-order valence-electron chi connectivity index (χ3n) is 8.60. The largest absolute Gasteiger partial charge is 0.444 e. The molecule has 1 unspecified atom stereocenters. The van der Waals surface area contributed by atoms with E-state index in [0.717, 1.165) is 75.5 Å². The Labute approximate surface area is 244 Å². The zero-order chi connectivity index (χ0) is 29.0. The molecular formula is C32H46N6O3. The molecule has 2 amide bonds. The maximum absolute atomic E-state index is 13.2. The molecule has 2 atom stereocenters. The molecule has 3 fully saturated rings. The first-order valence-electron chi connectivity index (χ1n) is 15.4. The highest BCUT2D eigenvalue weighted by atomic mass is 16.6. The SMILES string of the molecule is CC(C(=O)Nc1cncc(N2CCCC2)n1)c1ccc(N2CCC[C@@H](N(CC3CCC3)C(=O)OC(C)(C)C)C2)cc1. The van der Waals surface area contributed by atoms with Gasteiger partial charge >= 0.3 is 6.09 Å². The monoisotopic (exact) mass is 562 g/mol. The van der Waals surface area contributed by atoms with E-state index in [1.807, 2.05) is 44.7 Å². The fourth-order valence-electron chi connectivity index (χ4n) is 5.96. The van der Waals surface area contributed by atoms with Crippen molar-refractivity contribution in [2.45, 2.75) is 90.2 Å². The van der Waals surface area contributed by atoms with Crippen molar-refractivity contribution in [1.82, 2.24) is 14.9 Å². The Morgan fingerprint density at radius 3 is 2.37 bits per heavy atom. The van der Waals surface area contributed by atoms with Gasteiger partial charge in [0.15, 0.2) is 5.82 Å². The molecule has 3 heterocycles. The zero-order valence-electron chi connectivity index (χ0n) is 25.1. The molecule has 1 aromatic heterocycles. The van der Waals surface area contributed by atoms with Crippen molar-refractivity contribution in [3.8, 4) is 0 Å². The van der Waals surface area contributed by atoms with Gasteiger partial charge in [-0.05, 0) is 89.8 Å². The Bertz CT molecular complexity index is 1190. The highest BCUT2D eigenvalue weighted by Crippen LogP contribution is 2.31. The van der Waals surface area contributed by atoms with Gasteiger partial charge in [0, 0.05) is 38.4 Å². The summed E-state index contributed by atoms with van der Waals surface area (Å²) in [5, 5.41) is 2.95. The van der Waals surface area contributed by atoms with Gasteiger partial charge in [0.2, 0.25) is 5.91 Å². The number of hydrogen-bond donors (Lipinski definition) is 1. The number of anilines is 3. The van der Waals surface area contributed by atoms with Crippen LogP contribution in [0.3, 0.4) is 0 Å². The Kier molecular flexibility index (Phi) is 9.00. The molecule has 222 valence electrons. The third kappa shape index (κ3) is 7.49. The number of nitrogens with zero attached hydrogens (tertiary/aromatic N) is 5. The minimum absolute atomic E-state index is 0.104. The van der Waals surface area contributed by atoms with E-state index in [1.54, 1.807) is 12.4 Å². The van der Waals surface area contributed by atoms with Crippen molar-refractivity contribution in [2.24, 2.45) is 5.92 Å². The molecule has 1 aromatic carbocycles. The van der Waals surface area contributed by atoms with E-state index in [2.05, 4.69) is 37.2 Å². The second-order valence-corrected chi connectivity index (χ2v) is 12.9. The van der Waals surface area contributed by atoms with Crippen molar-refractivity contribution in [3.63, 3.8) is 0 Å². The molecule has 1 N–H and O–H groups in total. The minimum atomic E-state index is -0.509. The summed E-state index contributed by atoms with van der Waals surface area (Å²) in [4.78, 5) is 41.8. The highest BCUT2D eigenvalue weighted by Gasteiger charge is 2.34. The fraction of sp³-hybridized carbons (Fsp3) is 0.625. The van der Waals surface area contributed by atoms with E-state index in [0.29, 0.717) is 11.7 Å². The van der Waals surface area contributed by atoms with Gasteiger partial charge in [0.1, 0.15) is 11.4 Å². The molecule has 2 aromatic rings. The summed E-state index contributed by atoms with van der Waals surface area (Å²) < 4.78 is 5.82. The quantitative estimate of drug-likeness (QED) is 0.433. The predicted octanol–water partition coefficient (Wildman–Crippen LogP) is 5.83. The standard InChI is InChI=1S/C32H46N6O3/c1-23(30(39)35-28-19-33-20-29(34-28)36-16-5-6-17-36)25-12-14-26(15-13-25)37-18-8-11-27(22-37)38(21-24-9-7-10-24)31(40)41-32(2,3)4/h12-15,19-20,23-24,27H,5-11,16-18,21-22H2,1-4H3,(H,34,35,39)/t23?,27-/m1/s1. The Morgan fingerprint density at radius 2 is 1.71 bits per heavy atom. The average molecular weight is 563 g/mol. The van der Waals surface area contributed by atoms with Crippen molar-refractivity contribution in [2.75, 3.05) is 47.8 Å². The summed E-state index contributed by atoms with van der Waals surface area (Å²) in [6.45, 7) is 12.2. The van der Waals surface area contributed by atoms with E-state index in [-0.39, 0.29) is 24.0 Å². The van der Waals surface area contributed by atoms with E-state index < -0.39 is 5.60 Å². The number of benzene rings is 1. The van der Waals surface area contributed by atoms with Crippen LogP contribution in [-0.2, 0) is 9.53 Å². The molecule has 0 spiro atoms. The van der Waals surface area contributed by atoms with Gasteiger partial charge < -0.3 is 24.8 Å². The van der Waals surface area contributed by atoms with E-state index in [1.165, 1.54) is 19.3 Å². The second-order valence-electron chi connectivity index (χ2n) is 12.9. The molecule has 41 heavy (non-hydrogen) atoms. The van der Waals surface area contributed by atoms with Crippen LogP contribution in [0.4, 0.5) is 22.1 Å². The van der Waals surface area contributed by atoms with Crippen molar-refractivity contribution < 1.29 is 14.3 Å². The van der Waals surface area contributed by atoms with Crippen LogP contribution >= 0.6 is 0 Å². The van der Waals surface area contributed by atoms with E-state index in [4.69, 9.17) is 4.74 Å². The van der Waals surface area contributed by atoms with Crippen molar-refractivity contribution in [1.29, 1.82) is 0 Å². The highest BCUT2D eigenvalue weighted by molar-refractivity contribution is 5.94. The molecule has 0 bridgehead atoms. The number of carbonyl (C=O) groups excluding carboxylic acids is 2. The van der Waals surface area contributed by atoms with E-state index >= 15 is 0 Å². The van der Waals surface area contributed by atoms with Crippen LogP contribution in [0.2, 0.25) is 0 Å². The summed E-state index contributed by atoms with van der Waals surface area (Å²) in [6.07, 6.45) is 11.1. The van der Waals surface area contributed by atoms with Gasteiger partial charge in [0.25, 0.3) is 0 Å². The lowest BCUT2D eigenvalue weighted by molar-refractivity contribution is -0.117. The molecule has 1 saturated carbocycles. The molecule has 0 radical (unpaired) electrons. The van der Waals surface area contributed by atoms with Gasteiger partial charge in [0.05, 0.1) is 24.4 Å². The van der Waals surface area contributed by atoms with Gasteiger partial charge in [-0.15, -0.1) is 0 Å². The number of rotatable bonds is 8. The summed E-state index contributed by atoms with van der Waals surface area (Å²) in [5.41, 5.74) is 1.55. The Morgan fingerprint density at radius 1 is 1.00 bits per heavy atom. The lowest BCUT2D eigenvalue weighted by Gasteiger charge is -2.43.